The number of carbonyl (C=O) groups excluding carboxylic acids is 3. The van der Waals surface area contributed by atoms with Crippen LogP contribution in [0.5, 0.6) is 0 Å². The molecule has 1 unspecified atom stereocenters. The largest absolute Gasteiger partial charge is 0.337 e. The highest BCUT2D eigenvalue weighted by atomic mass is 16.2. The van der Waals surface area contributed by atoms with Gasteiger partial charge in [-0.3, -0.25) is 9.59 Å². The van der Waals surface area contributed by atoms with Gasteiger partial charge in [-0.1, -0.05) is 0 Å². The smallest absolute Gasteiger partial charge is 0.317 e. The van der Waals surface area contributed by atoms with Crippen molar-refractivity contribution in [3.8, 4) is 0 Å². The van der Waals surface area contributed by atoms with E-state index in [1.54, 1.807) is 14.7 Å². The first-order valence-corrected chi connectivity index (χ1v) is 6.75. The summed E-state index contributed by atoms with van der Waals surface area (Å²) in [5.41, 5.74) is 0. The van der Waals surface area contributed by atoms with Crippen molar-refractivity contribution in [2.24, 2.45) is 0 Å². The fourth-order valence-electron chi connectivity index (χ4n) is 2.97. The van der Waals surface area contributed by atoms with Gasteiger partial charge < -0.3 is 20.0 Å². The van der Waals surface area contributed by atoms with Crippen molar-refractivity contribution in [2.75, 3.05) is 39.3 Å². The molecule has 0 spiro atoms. The lowest BCUT2D eigenvalue weighted by Crippen LogP contribution is -2.55. The molecule has 0 bridgehead atoms. The van der Waals surface area contributed by atoms with E-state index in [1.165, 1.54) is 0 Å². The molecule has 0 aliphatic carbocycles. The fraction of sp³-hybridized carbons (Fsp3) is 0.750. The number of carbonyl (C=O) groups is 3. The van der Waals surface area contributed by atoms with Gasteiger partial charge in [-0.25, -0.2) is 4.79 Å². The van der Waals surface area contributed by atoms with Gasteiger partial charge in [0.2, 0.25) is 11.8 Å². The minimum atomic E-state index is -0.0354. The summed E-state index contributed by atoms with van der Waals surface area (Å²) in [5, 5.41) is 2.79. The summed E-state index contributed by atoms with van der Waals surface area (Å²) < 4.78 is 0. The zero-order valence-corrected chi connectivity index (χ0v) is 10.8. The number of hydrogen-bond acceptors (Lipinski definition) is 3. The highest BCUT2D eigenvalue weighted by Gasteiger charge is 2.37. The van der Waals surface area contributed by atoms with Crippen LogP contribution in [0.3, 0.4) is 0 Å². The molecule has 0 saturated carbocycles. The maximum absolute atomic E-state index is 12.2. The molecule has 3 heterocycles. The molecule has 7 nitrogen and oxygen atoms in total. The Balaban J connectivity index is 1.56. The minimum Gasteiger partial charge on any atom is -0.337 e. The molecule has 3 saturated heterocycles. The number of nitrogens with zero attached hydrogens (tertiary/aromatic N) is 3. The maximum Gasteiger partial charge on any atom is 0.317 e. The van der Waals surface area contributed by atoms with Gasteiger partial charge in [-0.2, -0.15) is 0 Å². The zero-order chi connectivity index (χ0) is 13.4. The van der Waals surface area contributed by atoms with Crippen LogP contribution in [-0.4, -0.2) is 77.9 Å². The van der Waals surface area contributed by atoms with Gasteiger partial charge in [0, 0.05) is 39.1 Å². The molecule has 0 aromatic carbocycles. The van der Waals surface area contributed by atoms with E-state index < -0.39 is 0 Å². The summed E-state index contributed by atoms with van der Waals surface area (Å²) in [4.78, 5) is 40.3. The second-order valence-corrected chi connectivity index (χ2v) is 5.29. The third kappa shape index (κ3) is 2.24. The topological polar surface area (TPSA) is 73.0 Å². The van der Waals surface area contributed by atoms with Crippen molar-refractivity contribution >= 4 is 17.8 Å². The Labute approximate surface area is 111 Å². The van der Waals surface area contributed by atoms with E-state index in [2.05, 4.69) is 5.32 Å². The van der Waals surface area contributed by atoms with Gasteiger partial charge in [-0.15, -0.1) is 0 Å². The summed E-state index contributed by atoms with van der Waals surface area (Å²) in [6.45, 7) is 3.19. The zero-order valence-electron chi connectivity index (χ0n) is 10.8. The Kier molecular flexibility index (Phi) is 3.04. The van der Waals surface area contributed by atoms with Gasteiger partial charge in [0.1, 0.15) is 0 Å². The van der Waals surface area contributed by atoms with E-state index in [0.29, 0.717) is 39.1 Å². The van der Waals surface area contributed by atoms with Crippen molar-refractivity contribution in [1.82, 2.24) is 20.0 Å². The van der Waals surface area contributed by atoms with Crippen molar-refractivity contribution in [1.29, 1.82) is 0 Å². The van der Waals surface area contributed by atoms with E-state index in [0.717, 1.165) is 6.42 Å². The summed E-state index contributed by atoms with van der Waals surface area (Å²) in [5.74, 6) is 0.0685. The second-order valence-electron chi connectivity index (χ2n) is 5.29. The van der Waals surface area contributed by atoms with Crippen molar-refractivity contribution < 1.29 is 14.4 Å². The SMILES string of the molecule is O=C1CCCN1CC(=O)N1CCN2C(=O)NCC2C1. The molecule has 1 N–H and O–H groups in total. The van der Waals surface area contributed by atoms with Gasteiger partial charge in [0.15, 0.2) is 0 Å². The molecule has 7 heteroatoms. The number of hydrogen-bond donors (Lipinski definition) is 1. The van der Waals surface area contributed by atoms with E-state index in [-0.39, 0.29) is 30.4 Å². The van der Waals surface area contributed by atoms with Crippen LogP contribution in [0.25, 0.3) is 0 Å². The number of nitrogens with one attached hydrogen (secondary N) is 1. The van der Waals surface area contributed by atoms with Crippen LogP contribution in [0.2, 0.25) is 0 Å². The number of piperazine rings is 1. The van der Waals surface area contributed by atoms with E-state index in [4.69, 9.17) is 0 Å². The van der Waals surface area contributed by atoms with Gasteiger partial charge in [0.25, 0.3) is 0 Å². The predicted octanol–water partition coefficient (Wildman–Crippen LogP) is -1.16. The molecule has 104 valence electrons. The Hall–Kier alpha value is -1.79. The first-order chi connectivity index (χ1) is 9.15. The molecule has 3 aliphatic rings. The van der Waals surface area contributed by atoms with E-state index in [1.807, 2.05) is 0 Å². The minimum absolute atomic E-state index is 0.00533. The molecule has 19 heavy (non-hydrogen) atoms. The molecular weight excluding hydrogens is 248 g/mol. The van der Waals surface area contributed by atoms with Crippen molar-refractivity contribution in [2.45, 2.75) is 18.9 Å². The number of rotatable bonds is 2. The maximum atomic E-state index is 12.2. The average Bonchev–Trinajstić information content (AvgIpc) is 2.97. The number of urea groups is 1. The van der Waals surface area contributed by atoms with Crippen LogP contribution in [0.1, 0.15) is 12.8 Å². The summed E-state index contributed by atoms with van der Waals surface area (Å²) in [6.07, 6.45) is 1.41. The van der Waals surface area contributed by atoms with Crippen LogP contribution in [0.15, 0.2) is 0 Å². The molecule has 3 aliphatic heterocycles. The number of likely N-dealkylation sites (tertiary alicyclic amines) is 1. The summed E-state index contributed by atoms with van der Waals surface area (Å²) in [7, 11) is 0. The molecule has 3 fully saturated rings. The van der Waals surface area contributed by atoms with Crippen LogP contribution in [-0.2, 0) is 9.59 Å². The Bertz CT molecular complexity index is 425. The van der Waals surface area contributed by atoms with E-state index in [9.17, 15) is 14.4 Å². The summed E-state index contributed by atoms with van der Waals surface area (Å²) in [6, 6.07) is 0.0475. The van der Waals surface area contributed by atoms with Gasteiger partial charge >= 0.3 is 6.03 Å². The third-order valence-corrected chi connectivity index (χ3v) is 4.08. The van der Waals surface area contributed by atoms with Crippen molar-refractivity contribution in [3.05, 3.63) is 0 Å². The van der Waals surface area contributed by atoms with Gasteiger partial charge in [-0.05, 0) is 6.42 Å². The highest BCUT2D eigenvalue weighted by Crippen LogP contribution is 2.15. The molecule has 0 radical (unpaired) electrons. The van der Waals surface area contributed by atoms with Crippen LogP contribution >= 0.6 is 0 Å². The lowest BCUT2D eigenvalue weighted by molar-refractivity contribution is -0.139. The van der Waals surface area contributed by atoms with Crippen LogP contribution in [0.4, 0.5) is 4.79 Å². The average molecular weight is 266 g/mol. The predicted molar refractivity (Wildman–Crippen MR) is 66.3 cm³/mol. The fourth-order valence-corrected chi connectivity index (χ4v) is 2.97. The monoisotopic (exact) mass is 266 g/mol. The van der Waals surface area contributed by atoms with Crippen LogP contribution in [0, 0.1) is 0 Å². The Morgan fingerprint density at radius 1 is 1.26 bits per heavy atom. The number of amides is 4. The first-order valence-electron chi connectivity index (χ1n) is 6.75. The molecule has 0 aromatic rings. The van der Waals surface area contributed by atoms with Gasteiger partial charge in [0.05, 0.1) is 12.6 Å². The molecule has 1 atom stereocenters. The molecule has 0 aromatic heterocycles. The molecule has 4 amide bonds. The summed E-state index contributed by atoms with van der Waals surface area (Å²) >= 11 is 0. The highest BCUT2D eigenvalue weighted by molar-refractivity contribution is 5.86. The molecule has 3 rings (SSSR count). The normalized spacial score (nSPS) is 26.7. The number of fused-ring (bicyclic) bond motifs is 1. The van der Waals surface area contributed by atoms with Crippen molar-refractivity contribution in [3.63, 3.8) is 0 Å². The second kappa shape index (κ2) is 4.71. The van der Waals surface area contributed by atoms with Crippen LogP contribution < -0.4 is 5.32 Å². The Morgan fingerprint density at radius 2 is 2.11 bits per heavy atom. The molecular formula is C12H18N4O3. The lowest BCUT2D eigenvalue weighted by atomic mass is 10.2. The standard InChI is InChI=1S/C12H18N4O3/c17-10-2-1-3-14(10)8-11(18)15-4-5-16-9(7-15)6-13-12(16)19/h9H,1-8H2,(H,13,19). The quantitative estimate of drug-likeness (QED) is 0.685. The first kappa shape index (κ1) is 12.3. The Morgan fingerprint density at radius 3 is 2.84 bits per heavy atom. The third-order valence-electron chi connectivity index (χ3n) is 4.08. The lowest BCUT2D eigenvalue weighted by Gasteiger charge is -2.37. The van der Waals surface area contributed by atoms with E-state index >= 15 is 0 Å².